The first-order valence-electron chi connectivity index (χ1n) is 7.72. The summed E-state index contributed by atoms with van der Waals surface area (Å²) in [6, 6.07) is 4.64. The summed E-state index contributed by atoms with van der Waals surface area (Å²) < 4.78 is 7.08. The normalized spacial score (nSPS) is 23.1. The minimum atomic E-state index is 0.106. The Kier molecular flexibility index (Phi) is 4.22. The van der Waals surface area contributed by atoms with E-state index in [-0.39, 0.29) is 5.56 Å². The van der Waals surface area contributed by atoms with Crippen LogP contribution in [0.2, 0.25) is 0 Å². The van der Waals surface area contributed by atoms with Crippen LogP contribution in [0.25, 0.3) is 0 Å². The number of rotatable bonds is 2. The summed E-state index contributed by atoms with van der Waals surface area (Å²) >= 11 is 0. The lowest BCUT2D eigenvalue weighted by atomic mass is 9.89. The highest BCUT2D eigenvalue weighted by Crippen LogP contribution is 2.29. The molecule has 4 heteroatoms. The molecule has 0 unspecified atom stereocenters. The number of likely N-dealkylation sites (tertiary alicyclic amines) is 1. The predicted molar refractivity (Wildman–Crippen MR) is 79.1 cm³/mol. The molecule has 3 rings (SSSR count). The van der Waals surface area contributed by atoms with Gasteiger partial charge in [0.25, 0.3) is 5.56 Å². The summed E-state index contributed by atoms with van der Waals surface area (Å²) in [5.41, 5.74) is 1.33. The smallest absolute Gasteiger partial charge is 0.250 e. The van der Waals surface area contributed by atoms with E-state index in [0.717, 1.165) is 26.3 Å². The molecule has 0 spiro atoms. The molecule has 1 aromatic heterocycles. The lowest BCUT2D eigenvalue weighted by Crippen LogP contribution is -2.43. The largest absolute Gasteiger partial charge is 0.381 e. The molecule has 0 atom stereocenters. The van der Waals surface area contributed by atoms with Crippen molar-refractivity contribution in [2.75, 3.05) is 26.3 Å². The summed E-state index contributed by atoms with van der Waals surface area (Å²) in [6.45, 7) is 4.15. The topological polar surface area (TPSA) is 34.5 Å². The quantitative estimate of drug-likeness (QED) is 0.825. The average Bonchev–Trinajstić information content (AvgIpc) is 2.51. The van der Waals surface area contributed by atoms with Crippen molar-refractivity contribution in [1.82, 2.24) is 9.47 Å². The van der Waals surface area contributed by atoms with Gasteiger partial charge < -0.3 is 14.2 Å². The minimum Gasteiger partial charge on any atom is -0.381 e. The standard InChI is InChI=1S/C16H24N2O2/c1-17-7-2-14(12-16(17)19)13-3-8-18(9-4-13)15-5-10-20-11-6-15/h2,7,12-13,15H,3-6,8-11H2,1H3. The Morgan fingerprint density at radius 1 is 1.15 bits per heavy atom. The maximum Gasteiger partial charge on any atom is 0.250 e. The van der Waals surface area contributed by atoms with Gasteiger partial charge in [-0.1, -0.05) is 0 Å². The molecule has 0 aliphatic carbocycles. The van der Waals surface area contributed by atoms with Crippen LogP contribution in [0.3, 0.4) is 0 Å². The minimum absolute atomic E-state index is 0.106. The summed E-state index contributed by atoms with van der Waals surface area (Å²) in [6.07, 6.45) is 6.59. The highest BCUT2D eigenvalue weighted by atomic mass is 16.5. The third kappa shape index (κ3) is 2.96. The lowest BCUT2D eigenvalue weighted by Gasteiger charge is -2.39. The Labute approximate surface area is 120 Å². The zero-order chi connectivity index (χ0) is 13.9. The Morgan fingerprint density at radius 3 is 2.50 bits per heavy atom. The molecule has 2 fully saturated rings. The van der Waals surface area contributed by atoms with Crippen LogP contribution in [0, 0.1) is 0 Å². The van der Waals surface area contributed by atoms with E-state index >= 15 is 0 Å². The van der Waals surface area contributed by atoms with Crippen molar-refractivity contribution in [3.05, 3.63) is 34.2 Å². The van der Waals surface area contributed by atoms with Gasteiger partial charge >= 0.3 is 0 Å². The van der Waals surface area contributed by atoms with Crippen molar-refractivity contribution in [3.8, 4) is 0 Å². The second-order valence-corrected chi connectivity index (χ2v) is 6.06. The van der Waals surface area contributed by atoms with Gasteiger partial charge in [-0.05, 0) is 56.3 Å². The lowest BCUT2D eigenvalue weighted by molar-refractivity contribution is 0.0252. The Hall–Kier alpha value is -1.13. The molecular formula is C16H24N2O2. The Balaban J connectivity index is 1.60. The molecule has 0 bridgehead atoms. The van der Waals surface area contributed by atoms with Gasteiger partial charge in [-0.25, -0.2) is 0 Å². The maximum absolute atomic E-state index is 11.7. The summed E-state index contributed by atoms with van der Waals surface area (Å²) in [5.74, 6) is 0.556. The monoisotopic (exact) mass is 276 g/mol. The highest BCUT2D eigenvalue weighted by molar-refractivity contribution is 5.17. The summed E-state index contributed by atoms with van der Waals surface area (Å²) in [5, 5.41) is 0. The molecular weight excluding hydrogens is 252 g/mol. The molecule has 110 valence electrons. The second kappa shape index (κ2) is 6.10. The zero-order valence-electron chi connectivity index (χ0n) is 12.3. The molecule has 4 nitrogen and oxygen atoms in total. The van der Waals surface area contributed by atoms with Crippen molar-refractivity contribution < 1.29 is 4.74 Å². The van der Waals surface area contributed by atoms with Gasteiger partial charge in [0.2, 0.25) is 0 Å². The van der Waals surface area contributed by atoms with Crippen LogP contribution in [0.4, 0.5) is 0 Å². The van der Waals surface area contributed by atoms with E-state index in [9.17, 15) is 4.79 Å². The number of piperidine rings is 1. The SMILES string of the molecule is Cn1ccc(C2CCN(C3CCOCC3)CC2)cc1=O. The van der Waals surface area contributed by atoms with Crippen LogP contribution in [0.1, 0.15) is 37.2 Å². The molecule has 0 saturated carbocycles. The molecule has 2 aliphatic rings. The fraction of sp³-hybridized carbons (Fsp3) is 0.688. The van der Waals surface area contributed by atoms with E-state index in [1.165, 1.54) is 31.2 Å². The maximum atomic E-state index is 11.7. The third-order valence-electron chi connectivity index (χ3n) is 4.84. The molecule has 0 aromatic carbocycles. The predicted octanol–water partition coefficient (Wildman–Crippen LogP) is 1.74. The van der Waals surface area contributed by atoms with Crippen LogP contribution in [-0.4, -0.2) is 41.8 Å². The average molecular weight is 276 g/mol. The van der Waals surface area contributed by atoms with Crippen LogP contribution < -0.4 is 5.56 Å². The number of aryl methyl sites for hydroxylation is 1. The first-order valence-corrected chi connectivity index (χ1v) is 7.72. The van der Waals surface area contributed by atoms with Crippen LogP contribution in [-0.2, 0) is 11.8 Å². The van der Waals surface area contributed by atoms with Gasteiger partial charge in [0, 0.05) is 38.6 Å². The molecule has 0 radical (unpaired) electrons. The van der Waals surface area contributed by atoms with Gasteiger partial charge in [0.1, 0.15) is 0 Å². The number of nitrogens with zero attached hydrogens (tertiary/aromatic N) is 2. The molecule has 3 heterocycles. The first kappa shape index (κ1) is 13.8. The first-order chi connectivity index (χ1) is 9.74. The molecule has 1 aromatic rings. The van der Waals surface area contributed by atoms with E-state index in [2.05, 4.69) is 11.0 Å². The Morgan fingerprint density at radius 2 is 1.85 bits per heavy atom. The van der Waals surface area contributed by atoms with Crippen LogP contribution in [0.15, 0.2) is 23.1 Å². The van der Waals surface area contributed by atoms with E-state index < -0.39 is 0 Å². The fourth-order valence-electron chi connectivity index (χ4n) is 3.47. The summed E-state index contributed by atoms with van der Waals surface area (Å²) in [4.78, 5) is 14.4. The van der Waals surface area contributed by atoms with Gasteiger partial charge in [-0.3, -0.25) is 4.79 Å². The molecule has 2 saturated heterocycles. The van der Waals surface area contributed by atoms with Gasteiger partial charge in [0.15, 0.2) is 0 Å². The van der Waals surface area contributed by atoms with Crippen molar-refractivity contribution in [2.24, 2.45) is 7.05 Å². The third-order valence-corrected chi connectivity index (χ3v) is 4.84. The van der Waals surface area contributed by atoms with Gasteiger partial charge in [0.05, 0.1) is 0 Å². The van der Waals surface area contributed by atoms with E-state index in [0.29, 0.717) is 12.0 Å². The fourth-order valence-corrected chi connectivity index (χ4v) is 3.47. The summed E-state index contributed by atoms with van der Waals surface area (Å²) in [7, 11) is 1.81. The molecule has 0 amide bonds. The number of aromatic nitrogens is 1. The number of hydrogen-bond donors (Lipinski definition) is 0. The second-order valence-electron chi connectivity index (χ2n) is 6.06. The number of hydrogen-bond acceptors (Lipinski definition) is 3. The number of pyridine rings is 1. The van der Waals surface area contributed by atoms with E-state index in [1.54, 1.807) is 11.6 Å². The van der Waals surface area contributed by atoms with Crippen LogP contribution in [0.5, 0.6) is 0 Å². The van der Waals surface area contributed by atoms with Crippen molar-refractivity contribution in [2.45, 2.75) is 37.6 Å². The molecule has 0 N–H and O–H groups in total. The number of ether oxygens (including phenoxy) is 1. The molecule has 20 heavy (non-hydrogen) atoms. The van der Waals surface area contributed by atoms with Crippen molar-refractivity contribution in [1.29, 1.82) is 0 Å². The highest BCUT2D eigenvalue weighted by Gasteiger charge is 2.27. The van der Waals surface area contributed by atoms with Gasteiger partial charge in [-0.2, -0.15) is 0 Å². The van der Waals surface area contributed by atoms with Crippen LogP contribution >= 0.6 is 0 Å². The van der Waals surface area contributed by atoms with Crippen molar-refractivity contribution in [3.63, 3.8) is 0 Å². The van der Waals surface area contributed by atoms with E-state index in [4.69, 9.17) is 4.74 Å². The Bertz CT molecular complexity index is 497. The van der Waals surface area contributed by atoms with Gasteiger partial charge in [-0.15, -0.1) is 0 Å². The molecule has 2 aliphatic heterocycles. The van der Waals surface area contributed by atoms with Crippen molar-refractivity contribution >= 4 is 0 Å². The van der Waals surface area contributed by atoms with E-state index in [1.807, 2.05) is 12.3 Å². The zero-order valence-corrected chi connectivity index (χ0v) is 12.3.